The lowest BCUT2D eigenvalue weighted by molar-refractivity contribution is 0.505. The van der Waals surface area contributed by atoms with Crippen molar-refractivity contribution in [3.8, 4) is 0 Å². The third-order valence-electron chi connectivity index (χ3n) is 3.86. The molecule has 1 aromatic carbocycles. The summed E-state index contributed by atoms with van der Waals surface area (Å²) in [4.78, 5) is 0. The lowest BCUT2D eigenvalue weighted by Crippen LogP contribution is -2.32. The molecule has 2 atom stereocenters. The highest BCUT2D eigenvalue weighted by Gasteiger charge is 2.31. The Morgan fingerprint density at radius 3 is 2.65 bits per heavy atom. The molecule has 1 aromatic rings. The van der Waals surface area contributed by atoms with Gasteiger partial charge in [0.1, 0.15) is 11.6 Å². The van der Waals surface area contributed by atoms with Crippen LogP contribution in [0.15, 0.2) is 12.1 Å². The highest BCUT2D eigenvalue weighted by atomic mass is 32.2. The summed E-state index contributed by atoms with van der Waals surface area (Å²) >= 11 is 0. The number of halogens is 2. The third kappa shape index (κ3) is 3.17. The lowest BCUT2D eigenvalue weighted by atomic mass is 10.0. The van der Waals surface area contributed by atoms with E-state index in [9.17, 15) is 17.2 Å². The molecule has 3 nitrogen and oxygen atoms in total. The van der Waals surface area contributed by atoms with Crippen LogP contribution in [0.1, 0.15) is 36.9 Å². The Morgan fingerprint density at radius 2 is 2.05 bits per heavy atom. The molecule has 0 radical (unpaired) electrons. The van der Waals surface area contributed by atoms with Crippen LogP contribution >= 0.6 is 0 Å². The third-order valence-corrected chi connectivity index (χ3v) is 6.13. The summed E-state index contributed by atoms with van der Waals surface area (Å²) < 4.78 is 50.7. The van der Waals surface area contributed by atoms with Crippen LogP contribution in [0.2, 0.25) is 0 Å². The quantitative estimate of drug-likeness (QED) is 0.929. The number of aryl methyl sites for hydroxylation is 1. The van der Waals surface area contributed by atoms with Crippen molar-refractivity contribution in [2.24, 2.45) is 0 Å². The van der Waals surface area contributed by atoms with E-state index >= 15 is 0 Å². The second-order valence-corrected chi connectivity index (χ2v) is 7.78. The summed E-state index contributed by atoms with van der Waals surface area (Å²) in [6.45, 7) is 3.48. The van der Waals surface area contributed by atoms with Crippen molar-refractivity contribution >= 4 is 9.84 Å². The molecule has 1 fully saturated rings. The van der Waals surface area contributed by atoms with Gasteiger partial charge in [-0.25, -0.2) is 17.2 Å². The van der Waals surface area contributed by atoms with Crippen molar-refractivity contribution in [2.75, 3.05) is 12.3 Å². The van der Waals surface area contributed by atoms with Gasteiger partial charge < -0.3 is 5.32 Å². The van der Waals surface area contributed by atoms with Gasteiger partial charge >= 0.3 is 0 Å². The van der Waals surface area contributed by atoms with Gasteiger partial charge in [0.2, 0.25) is 0 Å². The highest BCUT2D eigenvalue weighted by molar-refractivity contribution is 7.92. The van der Waals surface area contributed by atoms with E-state index in [1.807, 2.05) is 0 Å². The molecule has 0 amide bonds. The molecule has 0 spiro atoms. The van der Waals surface area contributed by atoms with Crippen LogP contribution in [0.5, 0.6) is 0 Å². The summed E-state index contributed by atoms with van der Waals surface area (Å²) in [5.74, 6) is -0.706. The Kier molecular flexibility index (Phi) is 4.44. The predicted octanol–water partition coefficient (Wildman–Crippen LogP) is 2.50. The molecule has 6 heteroatoms. The normalized spacial score (nSPS) is 22.9. The Morgan fingerprint density at radius 1 is 1.35 bits per heavy atom. The van der Waals surface area contributed by atoms with E-state index in [0.717, 1.165) is 6.07 Å². The van der Waals surface area contributed by atoms with E-state index in [4.69, 9.17) is 0 Å². The molecule has 1 aliphatic heterocycles. The minimum absolute atomic E-state index is 0.223. The van der Waals surface area contributed by atoms with Crippen LogP contribution in [-0.2, 0) is 9.84 Å². The fraction of sp³-hybridized carbons (Fsp3) is 0.571. The largest absolute Gasteiger partial charge is 0.309 e. The minimum atomic E-state index is -3.02. The van der Waals surface area contributed by atoms with Crippen LogP contribution in [-0.4, -0.2) is 26.0 Å². The molecule has 20 heavy (non-hydrogen) atoms. The fourth-order valence-corrected chi connectivity index (χ4v) is 4.28. The second kappa shape index (κ2) is 5.77. The average molecular weight is 303 g/mol. The first-order valence-corrected chi connectivity index (χ1v) is 8.43. The Balaban J connectivity index is 2.06. The fourth-order valence-electron chi connectivity index (χ4n) is 2.50. The van der Waals surface area contributed by atoms with Crippen molar-refractivity contribution in [1.82, 2.24) is 5.32 Å². The van der Waals surface area contributed by atoms with E-state index in [1.165, 1.54) is 13.0 Å². The maximum absolute atomic E-state index is 13.8. The van der Waals surface area contributed by atoms with Gasteiger partial charge in [-0.15, -0.1) is 0 Å². The summed E-state index contributed by atoms with van der Waals surface area (Å²) in [6.07, 6.45) is 1.31. The standard InChI is InChI=1S/C14H19F2NO2S/c1-9-6-14(16)12(7-13(9)15)10(2)17-8-11-4-3-5-20(11,18)19/h6-7,10-11,17H,3-5,8H2,1-2H3. The first-order valence-electron chi connectivity index (χ1n) is 6.72. The number of hydrogen-bond acceptors (Lipinski definition) is 3. The zero-order valence-electron chi connectivity index (χ0n) is 11.6. The van der Waals surface area contributed by atoms with Gasteiger partial charge in [-0.3, -0.25) is 0 Å². The maximum atomic E-state index is 13.8. The zero-order valence-corrected chi connectivity index (χ0v) is 12.4. The highest BCUT2D eigenvalue weighted by Crippen LogP contribution is 2.23. The minimum Gasteiger partial charge on any atom is -0.309 e. The predicted molar refractivity (Wildman–Crippen MR) is 74.3 cm³/mol. The molecule has 112 valence electrons. The molecular weight excluding hydrogens is 284 g/mol. The smallest absolute Gasteiger partial charge is 0.154 e. The van der Waals surface area contributed by atoms with E-state index in [-0.39, 0.29) is 23.4 Å². The van der Waals surface area contributed by atoms with Crippen molar-refractivity contribution < 1.29 is 17.2 Å². The number of sulfone groups is 1. The first-order chi connectivity index (χ1) is 9.31. The molecule has 0 aliphatic carbocycles. The van der Waals surface area contributed by atoms with Gasteiger partial charge in [0.05, 0.1) is 11.0 Å². The van der Waals surface area contributed by atoms with Crippen molar-refractivity contribution in [3.63, 3.8) is 0 Å². The van der Waals surface area contributed by atoms with Gasteiger partial charge in [0.25, 0.3) is 0 Å². The van der Waals surface area contributed by atoms with Crippen LogP contribution < -0.4 is 5.32 Å². The van der Waals surface area contributed by atoms with Gasteiger partial charge in [-0.1, -0.05) is 0 Å². The van der Waals surface area contributed by atoms with E-state index in [0.29, 0.717) is 12.8 Å². The number of benzene rings is 1. The van der Waals surface area contributed by atoms with Crippen LogP contribution in [0.25, 0.3) is 0 Å². The van der Waals surface area contributed by atoms with E-state index in [2.05, 4.69) is 5.32 Å². The van der Waals surface area contributed by atoms with Crippen LogP contribution in [0.4, 0.5) is 8.78 Å². The Hall–Kier alpha value is -1.01. The molecule has 0 bridgehead atoms. The first kappa shape index (κ1) is 15.4. The summed E-state index contributed by atoms with van der Waals surface area (Å²) in [5, 5.41) is 2.58. The number of rotatable bonds is 4. The van der Waals surface area contributed by atoms with Gasteiger partial charge in [0.15, 0.2) is 9.84 Å². The SMILES string of the molecule is Cc1cc(F)c(C(C)NCC2CCCS2(=O)=O)cc1F. The summed E-state index contributed by atoms with van der Waals surface area (Å²) in [7, 11) is -3.02. The number of nitrogens with one attached hydrogen (secondary N) is 1. The molecule has 1 saturated heterocycles. The van der Waals surface area contributed by atoms with Crippen molar-refractivity contribution in [3.05, 3.63) is 34.9 Å². The molecule has 1 N–H and O–H groups in total. The van der Waals surface area contributed by atoms with Gasteiger partial charge in [0, 0.05) is 18.2 Å². The number of hydrogen-bond donors (Lipinski definition) is 1. The van der Waals surface area contributed by atoms with E-state index < -0.39 is 32.8 Å². The van der Waals surface area contributed by atoms with Crippen LogP contribution in [0, 0.1) is 18.6 Å². The summed E-state index contributed by atoms with van der Waals surface area (Å²) in [5.41, 5.74) is 0.486. The lowest BCUT2D eigenvalue weighted by Gasteiger charge is -2.18. The Bertz CT molecular complexity index is 601. The molecule has 1 aliphatic rings. The maximum Gasteiger partial charge on any atom is 0.154 e. The topological polar surface area (TPSA) is 46.2 Å². The second-order valence-electron chi connectivity index (χ2n) is 5.38. The average Bonchev–Trinajstić information content (AvgIpc) is 2.70. The zero-order chi connectivity index (χ0) is 14.9. The summed E-state index contributed by atoms with van der Waals surface area (Å²) in [6, 6.07) is 1.90. The van der Waals surface area contributed by atoms with Crippen LogP contribution in [0.3, 0.4) is 0 Å². The van der Waals surface area contributed by atoms with Crippen molar-refractivity contribution in [1.29, 1.82) is 0 Å². The molecule has 0 aromatic heterocycles. The van der Waals surface area contributed by atoms with E-state index in [1.54, 1.807) is 6.92 Å². The molecule has 2 unspecified atom stereocenters. The molecule has 0 saturated carbocycles. The molecular formula is C14H19F2NO2S. The monoisotopic (exact) mass is 303 g/mol. The van der Waals surface area contributed by atoms with Gasteiger partial charge in [-0.05, 0) is 44.4 Å². The Labute approximate surface area is 118 Å². The van der Waals surface area contributed by atoms with Crippen molar-refractivity contribution in [2.45, 2.75) is 38.0 Å². The molecule has 1 heterocycles. The molecule has 2 rings (SSSR count). The van der Waals surface area contributed by atoms with Gasteiger partial charge in [-0.2, -0.15) is 0 Å².